The van der Waals surface area contributed by atoms with Gasteiger partial charge in [-0.15, -0.1) is 0 Å². The summed E-state index contributed by atoms with van der Waals surface area (Å²) >= 11 is 1.49. The van der Waals surface area contributed by atoms with Gasteiger partial charge in [-0.3, -0.25) is 14.6 Å². The van der Waals surface area contributed by atoms with Crippen molar-refractivity contribution in [3.63, 3.8) is 0 Å². The molecule has 0 spiro atoms. The van der Waals surface area contributed by atoms with Crippen LogP contribution < -0.4 is 0 Å². The molecule has 1 atom stereocenters. The SMILES string of the molecule is CN(C(=O)c1ccsc1)C(Cc1ccccc1F)C1CCN(C(=O)CCc2cccnc2)CC1. The number of likely N-dealkylation sites (N-methyl/N-ethyl adjacent to an activating group) is 1. The maximum atomic E-state index is 14.5. The molecule has 0 N–H and O–H groups in total. The molecule has 7 heteroatoms. The summed E-state index contributed by atoms with van der Waals surface area (Å²) in [7, 11) is 1.82. The van der Waals surface area contributed by atoms with Crippen molar-refractivity contribution in [2.45, 2.75) is 38.1 Å². The first-order valence-corrected chi connectivity index (χ1v) is 12.7. The fraction of sp³-hybridized carbons (Fsp3) is 0.370. The summed E-state index contributed by atoms with van der Waals surface area (Å²) in [5, 5.41) is 3.74. The van der Waals surface area contributed by atoms with E-state index in [1.807, 2.05) is 47.0 Å². The number of nitrogens with zero attached hydrogens (tertiary/aromatic N) is 3. The standard InChI is InChI=1S/C27H30FN3O2S/c1-30(27(33)23-12-16-34-19-23)25(17-22-6-2-3-7-24(22)28)21-10-14-31(15-11-21)26(32)9-8-20-5-4-13-29-18-20/h2-7,12-13,16,18-19,21,25H,8-11,14-15,17H2,1H3. The second-order valence-corrected chi connectivity index (χ2v) is 9.65. The molecule has 0 bridgehead atoms. The number of carbonyl (C=O) groups excluding carboxylic acids is 2. The first-order valence-electron chi connectivity index (χ1n) is 11.7. The van der Waals surface area contributed by atoms with Crippen molar-refractivity contribution < 1.29 is 14.0 Å². The number of hydrogen-bond donors (Lipinski definition) is 0. The van der Waals surface area contributed by atoms with Crippen LogP contribution in [0.3, 0.4) is 0 Å². The van der Waals surface area contributed by atoms with Crippen molar-refractivity contribution >= 4 is 23.2 Å². The maximum absolute atomic E-state index is 14.5. The molecule has 1 aliphatic heterocycles. The van der Waals surface area contributed by atoms with Gasteiger partial charge in [0.25, 0.3) is 5.91 Å². The minimum absolute atomic E-state index is 0.0439. The Labute approximate surface area is 204 Å². The van der Waals surface area contributed by atoms with E-state index in [-0.39, 0.29) is 29.6 Å². The summed E-state index contributed by atoms with van der Waals surface area (Å²) in [6.07, 6.45) is 6.71. The summed E-state index contributed by atoms with van der Waals surface area (Å²) in [6.45, 7) is 1.32. The van der Waals surface area contributed by atoms with E-state index < -0.39 is 0 Å². The summed E-state index contributed by atoms with van der Waals surface area (Å²) in [4.78, 5) is 33.7. The molecule has 34 heavy (non-hydrogen) atoms. The van der Waals surface area contributed by atoms with Crippen molar-refractivity contribution in [2.75, 3.05) is 20.1 Å². The summed E-state index contributed by atoms with van der Waals surface area (Å²) < 4.78 is 14.5. The molecule has 0 saturated carbocycles. The van der Waals surface area contributed by atoms with Gasteiger partial charge in [-0.1, -0.05) is 24.3 Å². The minimum Gasteiger partial charge on any atom is -0.343 e. The van der Waals surface area contributed by atoms with E-state index in [1.165, 1.54) is 17.4 Å². The molecular formula is C27H30FN3O2S. The van der Waals surface area contributed by atoms with Crippen LogP contribution in [0.25, 0.3) is 0 Å². The number of carbonyl (C=O) groups is 2. The van der Waals surface area contributed by atoms with E-state index in [0.717, 1.165) is 18.4 Å². The maximum Gasteiger partial charge on any atom is 0.254 e. The predicted molar refractivity (Wildman–Crippen MR) is 132 cm³/mol. The zero-order valence-electron chi connectivity index (χ0n) is 19.4. The molecule has 1 unspecified atom stereocenters. The van der Waals surface area contributed by atoms with Crippen LogP contribution in [0.5, 0.6) is 0 Å². The minimum atomic E-state index is -0.244. The van der Waals surface area contributed by atoms with Crippen LogP contribution in [0.2, 0.25) is 0 Å². The molecule has 4 rings (SSSR count). The number of hydrogen-bond acceptors (Lipinski definition) is 4. The fourth-order valence-electron chi connectivity index (χ4n) is 4.74. The zero-order valence-corrected chi connectivity index (χ0v) is 20.2. The first-order chi connectivity index (χ1) is 16.5. The number of amides is 2. The predicted octanol–water partition coefficient (Wildman–Crippen LogP) is 4.84. The van der Waals surface area contributed by atoms with E-state index in [2.05, 4.69) is 4.98 Å². The Bertz CT molecular complexity index is 1080. The highest BCUT2D eigenvalue weighted by Crippen LogP contribution is 2.28. The second kappa shape index (κ2) is 11.4. The van der Waals surface area contributed by atoms with Crippen LogP contribution in [-0.2, 0) is 17.6 Å². The molecule has 5 nitrogen and oxygen atoms in total. The average Bonchev–Trinajstić information content (AvgIpc) is 3.42. The van der Waals surface area contributed by atoms with E-state index in [9.17, 15) is 14.0 Å². The molecule has 1 aliphatic rings. The monoisotopic (exact) mass is 479 g/mol. The summed E-state index contributed by atoms with van der Waals surface area (Å²) in [5.74, 6) is 0.0506. The number of piperidine rings is 1. The molecule has 1 saturated heterocycles. The lowest BCUT2D eigenvalue weighted by Gasteiger charge is -2.40. The third-order valence-corrected chi connectivity index (χ3v) is 7.44. The lowest BCUT2D eigenvalue weighted by molar-refractivity contribution is -0.132. The molecular weight excluding hydrogens is 449 g/mol. The van der Waals surface area contributed by atoms with Gasteiger partial charge in [-0.2, -0.15) is 11.3 Å². The molecule has 0 radical (unpaired) electrons. The number of aryl methyl sites for hydroxylation is 1. The highest BCUT2D eigenvalue weighted by molar-refractivity contribution is 7.08. The molecule has 1 aromatic carbocycles. The number of pyridine rings is 1. The Morgan fingerprint density at radius 2 is 1.97 bits per heavy atom. The number of rotatable bonds is 8. The van der Waals surface area contributed by atoms with Crippen LogP contribution in [0.4, 0.5) is 4.39 Å². The van der Waals surface area contributed by atoms with E-state index in [1.54, 1.807) is 29.4 Å². The van der Waals surface area contributed by atoms with Gasteiger partial charge in [0.05, 0.1) is 5.56 Å². The van der Waals surface area contributed by atoms with Crippen molar-refractivity contribution in [1.82, 2.24) is 14.8 Å². The van der Waals surface area contributed by atoms with Crippen molar-refractivity contribution in [3.05, 3.63) is 88.1 Å². The lowest BCUT2D eigenvalue weighted by Crippen LogP contribution is -2.48. The van der Waals surface area contributed by atoms with Gasteiger partial charge in [0.15, 0.2) is 0 Å². The number of aromatic nitrogens is 1. The molecule has 3 heterocycles. The Morgan fingerprint density at radius 3 is 2.65 bits per heavy atom. The molecule has 178 valence electrons. The third-order valence-electron chi connectivity index (χ3n) is 6.76. The van der Waals surface area contributed by atoms with Gasteiger partial charge >= 0.3 is 0 Å². The highest BCUT2D eigenvalue weighted by Gasteiger charge is 2.33. The normalized spacial score (nSPS) is 15.2. The van der Waals surface area contributed by atoms with Gasteiger partial charge in [0, 0.05) is 50.4 Å². The van der Waals surface area contributed by atoms with Crippen molar-refractivity contribution in [3.8, 4) is 0 Å². The van der Waals surface area contributed by atoms with Crippen LogP contribution >= 0.6 is 11.3 Å². The smallest absolute Gasteiger partial charge is 0.254 e. The largest absolute Gasteiger partial charge is 0.343 e. The van der Waals surface area contributed by atoms with E-state index in [0.29, 0.717) is 43.5 Å². The topological polar surface area (TPSA) is 53.5 Å². The molecule has 2 amide bonds. The Morgan fingerprint density at radius 1 is 1.18 bits per heavy atom. The molecule has 0 aliphatic carbocycles. The Kier molecular flexibility index (Phi) is 8.06. The van der Waals surface area contributed by atoms with Crippen LogP contribution in [0.15, 0.2) is 65.6 Å². The van der Waals surface area contributed by atoms with Gasteiger partial charge in [0.2, 0.25) is 5.91 Å². The van der Waals surface area contributed by atoms with Crippen LogP contribution in [0, 0.1) is 11.7 Å². The van der Waals surface area contributed by atoms with Gasteiger partial charge in [-0.25, -0.2) is 4.39 Å². The van der Waals surface area contributed by atoms with Gasteiger partial charge in [-0.05, 0) is 66.3 Å². The van der Waals surface area contributed by atoms with E-state index >= 15 is 0 Å². The number of likely N-dealkylation sites (tertiary alicyclic amines) is 1. The van der Waals surface area contributed by atoms with Crippen LogP contribution in [0.1, 0.15) is 40.7 Å². The van der Waals surface area contributed by atoms with Crippen molar-refractivity contribution in [2.24, 2.45) is 5.92 Å². The number of benzene rings is 1. The molecule has 1 fully saturated rings. The zero-order chi connectivity index (χ0) is 23.9. The Balaban J connectivity index is 1.41. The second-order valence-electron chi connectivity index (χ2n) is 8.87. The van der Waals surface area contributed by atoms with Gasteiger partial charge < -0.3 is 9.80 Å². The van der Waals surface area contributed by atoms with Crippen LogP contribution in [-0.4, -0.2) is 52.8 Å². The number of thiophene rings is 1. The quantitative estimate of drug-likeness (QED) is 0.465. The third kappa shape index (κ3) is 5.89. The lowest BCUT2D eigenvalue weighted by atomic mass is 9.84. The molecule has 3 aromatic rings. The fourth-order valence-corrected chi connectivity index (χ4v) is 5.37. The Hall–Kier alpha value is -3.06. The average molecular weight is 480 g/mol. The molecule has 2 aromatic heterocycles. The number of halogens is 1. The van der Waals surface area contributed by atoms with E-state index in [4.69, 9.17) is 0 Å². The highest BCUT2D eigenvalue weighted by atomic mass is 32.1. The first kappa shape index (κ1) is 24.1. The van der Waals surface area contributed by atoms with Gasteiger partial charge in [0.1, 0.15) is 5.82 Å². The summed E-state index contributed by atoms with van der Waals surface area (Å²) in [5.41, 5.74) is 2.34. The summed E-state index contributed by atoms with van der Waals surface area (Å²) in [6, 6.07) is 12.3. The van der Waals surface area contributed by atoms with Crippen molar-refractivity contribution in [1.29, 1.82) is 0 Å².